The topological polar surface area (TPSA) is 70.2 Å². The Balaban J connectivity index is 0.932. The van der Waals surface area contributed by atoms with Crippen molar-refractivity contribution in [1.82, 2.24) is 14.7 Å². The van der Waals surface area contributed by atoms with Gasteiger partial charge < -0.3 is 14.5 Å². The van der Waals surface area contributed by atoms with Crippen molar-refractivity contribution in [3.05, 3.63) is 70.3 Å². The van der Waals surface area contributed by atoms with Gasteiger partial charge in [0.05, 0.1) is 12.1 Å². The number of likely N-dealkylation sites (tertiary alicyclic amines) is 2. The molecule has 1 spiro atoms. The fourth-order valence-corrected chi connectivity index (χ4v) is 7.75. The highest BCUT2D eigenvalue weighted by atomic mass is 19.1. The number of piperidine rings is 2. The molecule has 2 aromatic rings. The van der Waals surface area contributed by atoms with E-state index in [1.165, 1.54) is 18.2 Å². The number of carbonyl (C=O) groups excluding carboxylic acids is 3. The predicted molar refractivity (Wildman–Crippen MR) is 162 cm³/mol. The molecule has 2 aromatic carbocycles. The number of rotatable bonds is 7. The van der Waals surface area contributed by atoms with E-state index in [1.54, 1.807) is 11.8 Å². The maximum absolute atomic E-state index is 14.4. The van der Waals surface area contributed by atoms with Crippen LogP contribution in [0.15, 0.2) is 30.3 Å². The summed E-state index contributed by atoms with van der Waals surface area (Å²) in [6.07, 6.45) is 4.91. The van der Waals surface area contributed by atoms with Gasteiger partial charge in [-0.25, -0.2) is 22.4 Å². The molecule has 7 nitrogen and oxygen atoms in total. The molecule has 46 heavy (non-hydrogen) atoms. The van der Waals surface area contributed by atoms with Crippen LogP contribution in [0.25, 0.3) is 0 Å². The number of amides is 2. The minimum absolute atomic E-state index is 0.0683. The lowest BCUT2D eigenvalue weighted by Gasteiger charge is -2.38. The minimum Gasteiger partial charge on any atom is -0.441 e. The summed E-state index contributed by atoms with van der Waals surface area (Å²) in [5.74, 6) is -3.12. The molecule has 0 unspecified atom stereocenters. The zero-order chi connectivity index (χ0) is 32.6. The second-order valence-electron chi connectivity index (χ2n) is 13.7. The summed E-state index contributed by atoms with van der Waals surface area (Å²) >= 11 is 0. The number of benzene rings is 2. The van der Waals surface area contributed by atoms with Crippen molar-refractivity contribution >= 4 is 17.8 Å². The van der Waals surface area contributed by atoms with Crippen LogP contribution in [0.1, 0.15) is 72.9 Å². The lowest BCUT2D eigenvalue weighted by atomic mass is 9.80. The molecule has 4 aliphatic rings. The van der Waals surface area contributed by atoms with Gasteiger partial charge in [0, 0.05) is 75.6 Å². The molecule has 1 aliphatic carbocycles. The molecule has 3 saturated heterocycles. The number of ketones is 1. The highest BCUT2D eigenvalue weighted by Crippen LogP contribution is 2.37. The average molecular weight is 644 g/mol. The number of aryl methyl sites for hydroxylation is 1. The molecule has 3 heterocycles. The monoisotopic (exact) mass is 643 g/mol. The van der Waals surface area contributed by atoms with Crippen molar-refractivity contribution in [3.8, 4) is 0 Å². The van der Waals surface area contributed by atoms with Crippen LogP contribution >= 0.6 is 0 Å². The van der Waals surface area contributed by atoms with Gasteiger partial charge >= 0.3 is 6.09 Å². The highest BCUT2D eigenvalue weighted by Gasteiger charge is 2.47. The zero-order valence-corrected chi connectivity index (χ0v) is 26.2. The van der Waals surface area contributed by atoms with Crippen molar-refractivity contribution in [2.24, 2.45) is 17.8 Å². The van der Waals surface area contributed by atoms with E-state index in [1.807, 2.05) is 9.80 Å². The Morgan fingerprint density at radius 3 is 2.13 bits per heavy atom. The molecule has 2 amide bonds. The van der Waals surface area contributed by atoms with Crippen LogP contribution in [0.5, 0.6) is 0 Å². The van der Waals surface area contributed by atoms with E-state index in [0.717, 1.165) is 37.8 Å². The smallest absolute Gasteiger partial charge is 0.410 e. The van der Waals surface area contributed by atoms with Crippen LogP contribution in [0.4, 0.5) is 22.4 Å². The van der Waals surface area contributed by atoms with Gasteiger partial charge in [0.15, 0.2) is 5.78 Å². The normalized spacial score (nSPS) is 24.0. The largest absolute Gasteiger partial charge is 0.441 e. The number of nitrogens with zero attached hydrogens (tertiary/aromatic N) is 3. The first-order valence-electron chi connectivity index (χ1n) is 16.4. The molecule has 4 fully saturated rings. The van der Waals surface area contributed by atoms with E-state index in [2.05, 4.69) is 0 Å². The van der Waals surface area contributed by atoms with Gasteiger partial charge in [-0.15, -0.1) is 0 Å². The van der Waals surface area contributed by atoms with Crippen molar-refractivity contribution < 1.29 is 36.7 Å². The molecule has 0 atom stereocenters. The number of Topliss-reactive ketones (excluding diaryl/α,β-unsaturated/α-hetero) is 1. The van der Waals surface area contributed by atoms with E-state index in [0.29, 0.717) is 70.5 Å². The van der Waals surface area contributed by atoms with Crippen LogP contribution in [0, 0.1) is 47.9 Å². The third-order valence-corrected chi connectivity index (χ3v) is 10.5. The van der Waals surface area contributed by atoms with Crippen LogP contribution in [-0.4, -0.2) is 77.4 Å². The fraction of sp³-hybridized carbons (Fsp3) is 0.571. The Morgan fingerprint density at radius 2 is 1.50 bits per heavy atom. The van der Waals surface area contributed by atoms with Gasteiger partial charge in [0.25, 0.3) is 0 Å². The third-order valence-electron chi connectivity index (χ3n) is 10.5. The van der Waals surface area contributed by atoms with Gasteiger partial charge in [-0.3, -0.25) is 14.5 Å². The number of ether oxygens (including phenoxy) is 1. The molecule has 248 valence electrons. The summed E-state index contributed by atoms with van der Waals surface area (Å²) in [4.78, 5) is 44.6. The lowest BCUT2D eigenvalue weighted by molar-refractivity contribution is -0.138. The summed E-state index contributed by atoms with van der Waals surface area (Å²) in [6.45, 7) is 4.95. The molecule has 0 aromatic heterocycles. The van der Waals surface area contributed by atoms with Gasteiger partial charge in [0.2, 0.25) is 5.91 Å². The maximum Gasteiger partial charge on any atom is 0.410 e. The number of hydrogen-bond donors (Lipinski definition) is 0. The standard InChI is InChI=1S/C35H41F4N3O4/c1-22-16-29(37)28(30(38)17-22)20-40-14-10-35(11-15-40)21-42(34(45)46-35)19-23-2-4-25(5-3-23)33(44)41-12-8-24(9-13-41)32(43)27-7-6-26(36)18-31(27)39/h6-7,16-18,23-25H,2-5,8-15,19-21H2,1H3. The number of halogens is 4. The Hall–Kier alpha value is -3.47. The Labute approximate surface area is 266 Å². The predicted octanol–water partition coefficient (Wildman–Crippen LogP) is 6.27. The van der Waals surface area contributed by atoms with Gasteiger partial charge in [-0.2, -0.15) is 0 Å². The summed E-state index contributed by atoms with van der Waals surface area (Å²) in [6, 6.07) is 5.69. The first-order chi connectivity index (χ1) is 22.0. The molecular weight excluding hydrogens is 602 g/mol. The molecular formula is C35H41F4N3O4. The SMILES string of the molecule is Cc1cc(F)c(CN2CCC3(CC2)CN(CC2CCC(C(=O)N4CCC(C(=O)c5ccc(F)cc5F)CC4)CC2)C(=O)O3)c(F)c1. The number of hydrogen-bond acceptors (Lipinski definition) is 5. The van der Waals surface area contributed by atoms with Crippen LogP contribution in [0.2, 0.25) is 0 Å². The quantitative estimate of drug-likeness (QED) is 0.263. The zero-order valence-electron chi connectivity index (χ0n) is 26.2. The van der Waals surface area contributed by atoms with Crippen molar-refractivity contribution in [2.45, 2.75) is 70.4 Å². The summed E-state index contributed by atoms with van der Waals surface area (Å²) in [5, 5.41) is 0. The molecule has 0 N–H and O–H groups in total. The molecule has 0 radical (unpaired) electrons. The van der Waals surface area contributed by atoms with E-state index >= 15 is 0 Å². The van der Waals surface area contributed by atoms with Crippen LogP contribution < -0.4 is 0 Å². The Morgan fingerprint density at radius 1 is 0.848 bits per heavy atom. The summed E-state index contributed by atoms with van der Waals surface area (Å²) in [7, 11) is 0. The van der Waals surface area contributed by atoms with Crippen molar-refractivity contribution in [3.63, 3.8) is 0 Å². The van der Waals surface area contributed by atoms with Gasteiger partial charge in [-0.05, 0) is 81.2 Å². The first kappa shape index (κ1) is 32.5. The molecule has 1 saturated carbocycles. The van der Waals surface area contributed by atoms with Crippen molar-refractivity contribution in [2.75, 3.05) is 39.3 Å². The van der Waals surface area contributed by atoms with E-state index < -0.39 is 34.8 Å². The minimum atomic E-state index is -0.854. The third kappa shape index (κ3) is 6.94. The highest BCUT2D eigenvalue weighted by molar-refractivity contribution is 5.98. The van der Waals surface area contributed by atoms with E-state index in [-0.39, 0.29) is 47.3 Å². The second-order valence-corrected chi connectivity index (χ2v) is 13.7. The van der Waals surface area contributed by atoms with Gasteiger partial charge in [-0.1, -0.05) is 0 Å². The average Bonchev–Trinajstić information content (AvgIpc) is 3.33. The maximum atomic E-state index is 14.4. The second kappa shape index (κ2) is 13.3. The summed E-state index contributed by atoms with van der Waals surface area (Å²) < 4.78 is 62.0. The first-order valence-corrected chi connectivity index (χ1v) is 16.4. The van der Waals surface area contributed by atoms with E-state index in [9.17, 15) is 31.9 Å². The number of carbonyl (C=O) groups is 3. The van der Waals surface area contributed by atoms with E-state index in [4.69, 9.17) is 4.74 Å². The molecule has 11 heteroatoms. The lowest BCUT2D eigenvalue weighted by Crippen LogP contribution is -2.47. The summed E-state index contributed by atoms with van der Waals surface area (Å²) in [5.41, 5.74) is -0.0713. The van der Waals surface area contributed by atoms with Crippen LogP contribution in [0.3, 0.4) is 0 Å². The molecule has 0 bridgehead atoms. The Kier molecular flexibility index (Phi) is 9.41. The van der Waals surface area contributed by atoms with Crippen molar-refractivity contribution in [1.29, 1.82) is 0 Å². The molecule has 6 rings (SSSR count). The fourth-order valence-electron chi connectivity index (χ4n) is 7.75. The molecule has 3 aliphatic heterocycles. The van der Waals surface area contributed by atoms with Crippen LogP contribution in [-0.2, 0) is 16.1 Å². The van der Waals surface area contributed by atoms with Gasteiger partial charge in [0.1, 0.15) is 28.9 Å². The Bertz CT molecular complexity index is 1460.